The largest absolute Gasteiger partial charge is 0.370 e. The molecule has 0 bridgehead atoms. The summed E-state index contributed by atoms with van der Waals surface area (Å²) in [5.41, 5.74) is 16.5. The molecule has 5 nitrogen and oxygen atoms in total. The fourth-order valence-corrected chi connectivity index (χ4v) is 0.989. The Balaban J connectivity index is 3.07. The monoisotopic (exact) mass is 209 g/mol. The van der Waals surface area contributed by atoms with Crippen LogP contribution in [0.4, 0.5) is 10.1 Å². The molecular weight excluding hydrogens is 197 g/mol. The number of aryl methyl sites for hydroxylation is 1. The van der Waals surface area contributed by atoms with Gasteiger partial charge in [-0.1, -0.05) is 6.07 Å². The van der Waals surface area contributed by atoms with Crippen molar-refractivity contribution >= 4 is 17.6 Å². The molecule has 0 amide bonds. The lowest BCUT2D eigenvalue weighted by Crippen LogP contribution is -2.26. The SMILES string of the molecule is Cc1ccc(F)c(N=C(N)N=C(N)N)c1. The van der Waals surface area contributed by atoms with E-state index >= 15 is 0 Å². The first-order valence-corrected chi connectivity index (χ1v) is 4.19. The Morgan fingerprint density at radius 2 is 1.93 bits per heavy atom. The van der Waals surface area contributed by atoms with Crippen LogP contribution in [0.5, 0.6) is 0 Å². The Morgan fingerprint density at radius 3 is 2.53 bits per heavy atom. The van der Waals surface area contributed by atoms with Gasteiger partial charge in [0, 0.05) is 0 Å². The summed E-state index contributed by atoms with van der Waals surface area (Å²) in [6.07, 6.45) is 0. The lowest BCUT2D eigenvalue weighted by atomic mass is 10.2. The number of guanidine groups is 2. The van der Waals surface area contributed by atoms with Crippen LogP contribution in [0.2, 0.25) is 0 Å². The standard InChI is InChI=1S/C9H12FN5/c1-5-2-3-6(10)7(4-5)14-9(13)15-8(11)12/h2-4H,1H3,(H6,11,12,13,14,15). The van der Waals surface area contributed by atoms with Crippen molar-refractivity contribution in [3.05, 3.63) is 29.6 Å². The zero-order chi connectivity index (χ0) is 11.4. The van der Waals surface area contributed by atoms with Crippen LogP contribution in [0.1, 0.15) is 5.56 Å². The molecule has 6 N–H and O–H groups in total. The number of hydrogen-bond acceptors (Lipinski definition) is 1. The van der Waals surface area contributed by atoms with E-state index in [1.165, 1.54) is 6.07 Å². The van der Waals surface area contributed by atoms with Crippen molar-refractivity contribution in [2.24, 2.45) is 27.2 Å². The number of rotatable bonds is 1. The average molecular weight is 209 g/mol. The summed E-state index contributed by atoms with van der Waals surface area (Å²) < 4.78 is 13.2. The van der Waals surface area contributed by atoms with Gasteiger partial charge in [-0.15, -0.1) is 0 Å². The highest BCUT2D eigenvalue weighted by Crippen LogP contribution is 2.18. The Kier molecular flexibility index (Phi) is 3.22. The number of halogens is 1. The van der Waals surface area contributed by atoms with Gasteiger partial charge < -0.3 is 17.2 Å². The van der Waals surface area contributed by atoms with Crippen LogP contribution >= 0.6 is 0 Å². The van der Waals surface area contributed by atoms with Crippen LogP contribution in [-0.4, -0.2) is 11.9 Å². The van der Waals surface area contributed by atoms with Crippen molar-refractivity contribution in [2.75, 3.05) is 0 Å². The number of nitrogens with two attached hydrogens (primary N) is 3. The summed E-state index contributed by atoms with van der Waals surface area (Å²) in [4.78, 5) is 7.21. The predicted molar refractivity (Wildman–Crippen MR) is 58.2 cm³/mol. The minimum absolute atomic E-state index is 0.109. The molecule has 1 aromatic rings. The number of hydrogen-bond donors (Lipinski definition) is 3. The topological polar surface area (TPSA) is 103 Å². The van der Waals surface area contributed by atoms with Gasteiger partial charge in [-0.05, 0) is 24.6 Å². The normalized spacial score (nSPS) is 11.2. The molecule has 0 atom stereocenters. The molecule has 15 heavy (non-hydrogen) atoms. The number of aliphatic imine (C=N–C) groups is 2. The number of nitrogens with zero attached hydrogens (tertiary/aromatic N) is 2. The van der Waals surface area contributed by atoms with Crippen molar-refractivity contribution in [3.8, 4) is 0 Å². The maximum atomic E-state index is 13.2. The van der Waals surface area contributed by atoms with Gasteiger partial charge >= 0.3 is 0 Å². The second kappa shape index (κ2) is 4.41. The molecule has 0 saturated carbocycles. The van der Waals surface area contributed by atoms with Crippen LogP contribution in [0, 0.1) is 12.7 Å². The third-order valence-electron chi connectivity index (χ3n) is 1.58. The van der Waals surface area contributed by atoms with Gasteiger partial charge in [0.1, 0.15) is 11.5 Å². The predicted octanol–water partition coefficient (Wildman–Crippen LogP) is 0.354. The lowest BCUT2D eigenvalue weighted by molar-refractivity contribution is 0.629. The van der Waals surface area contributed by atoms with E-state index in [1.807, 2.05) is 6.92 Å². The molecule has 0 spiro atoms. The zero-order valence-electron chi connectivity index (χ0n) is 8.24. The van der Waals surface area contributed by atoms with Crippen molar-refractivity contribution < 1.29 is 4.39 Å². The van der Waals surface area contributed by atoms with Crippen LogP contribution in [-0.2, 0) is 0 Å². The highest BCUT2D eigenvalue weighted by atomic mass is 19.1. The smallest absolute Gasteiger partial charge is 0.223 e. The van der Waals surface area contributed by atoms with Gasteiger partial charge in [0.05, 0.1) is 0 Å². The molecule has 0 saturated heterocycles. The third-order valence-corrected chi connectivity index (χ3v) is 1.58. The Morgan fingerprint density at radius 1 is 1.27 bits per heavy atom. The van der Waals surface area contributed by atoms with Crippen molar-refractivity contribution in [2.45, 2.75) is 6.92 Å². The Hall–Kier alpha value is -2.11. The Bertz CT molecular complexity index is 421. The fourth-order valence-electron chi connectivity index (χ4n) is 0.989. The van der Waals surface area contributed by atoms with E-state index in [4.69, 9.17) is 17.2 Å². The van der Waals surface area contributed by atoms with Gasteiger partial charge in [-0.25, -0.2) is 9.38 Å². The average Bonchev–Trinajstić information content (AvgIpc) is 2.10. The van der Waals surface area contributed by atoms with Crippen molar-refractivity contribution in [1.82, 2.24) is 0 Å². The molecule has 0 fully saturated rings. The van der Waals surface area contributed by atoms with Crippen molar-refractivity contribution in [1.29, 1.82) is 0 Å². The molecular formula is C9H12FN5. The van der Waals surface area contributed by atoms with Gasteiger partial charge in [0.25, 0.3) is 0 Å². The summed E-state index contributed by atoms with van der Waals surface area (Å²) in [7, 11) is 0. The van der Waals surface area contributed by atoms with Crippen LogP contribution in [0.15, 0.2) is 28.2 Å². The Labute approximate surface area is 86.5 Å². The van der Waals surface area contributed by atoms with E-state index in [9.17, 15) is 4.39 Å². The van der Waals surface area contributed by atoms with E-state index < -0.39 is 5.82 Å². The first kappa shape index (κ1) is 11.0. The van der Waals surface area contributed by atoms with Crippen molar-refractivity contribution in [3.63, 3.8) is 0 Å². The summed E-state index contributed by atoms with van der Waals surface area (Å²) in [5.74, 6) is -0.877. The van der Waals surface area contributed by atoms with Gasteiger partial charge in [0.15, 0.2) is 5.96 Å². The zero-order valence-corrected chi connectivity index (χ0v) is 8.24. The minimum atomic E-state index is -0.477. The molecule has 6 heteroatoms. The van der Waals surface area contributed by atoms with E-state index in [0.29, 0.717) is 0 Å². The highest BCUT2D eigenvalue weighted by Gasteiger charge is 2.01. The summed E-state index contributed by atoms with van der Waals surface area (Å²) >= 11 is 0. The summed E-state index contributed by atoms with van der Waals surface area (Å²) in [6, 6.07) is 4.48. The van der Waals surface area contributed by atoms with Gasteiger partial charge in [0.2, 0.25) is 5.96 Å². The molecule has 80 valence electrons. The first-order valence-electron chi connectivity index (χ1n) is 4.19. The molecule has 1 rings (SSSR count). The fraction of sp³-hybridized carbons (Fsp3) is 0.111. The summed E-state index contributed by atoms with van der Waals surface area (Å²) in [6.45, 7) is 1.81. The molecule has 0 heterocycles. The minimum Gasteiger partial charge on any atom is -0.370 e. The van der Waals surface area contributed by atoms with E-state index in [-0.39, 0.29) is 17.6 Å². The molecule has 0 aromatic heterocycles. The second-order valence-electron chi connectivity index (χ2n) is 2.96. The number of benzene rings is 1. The first-order chi connectivity index (χ1) is 6.99. The molecule has 0 aliphatic heterocycles. The molecule has 0 aliphatic rings. The quantitative estimate of drug-likeness (QED) is 0.459. The van der Waals surface area contributed by atoms with Crippen LogP contribution < -0.4 is 17.2 Å². The molecule has 0 unspecified atom stereocenters. The molecule has 0 aliphatic carbocycles. The third kappa shape index (κ3) is 3.26. The van der Waals surface area contributed by atoms with E-state index in [1.54, 1.807) is 12.1 Å². The van der Waals surface area contributed by atoms with Gasteiger partial charge in [-0.2, -0.15) is 4.99 Å². The van der Waals surface area contributed by atoms with E-state index in [0.717, 1.165) is 5.56 Å². The van der Waals surface area contributed by atoms with Crippen LogP contribution in [0.25, 0.3) is 0 Å². The highest BCUT2D eigenvalue weighted by molar-refractivity contribution is 5.93. The second-order valence-corrected chi connectivity index (χ2v) is 2.96. The lowest BCUT2D eigenvalue weighted by Gasteiger charge is -1.99. The summed E-state index contributed by atoms with van der Waals surface area (Å²) in [5, 5.41) is 0. The van der Waals surface area contributed by atoms with Gasteiger partial charge in [-0.3, -0.25) is 0 Å². The molecule has 1 aromatic carbocycles. The van der Waals surface area contributed by atoms with E-state index in [2.05, 4.69) is 9.98 Å². The maximum Gasteiger partial charge on any atom is 0.223 e. The molecule has 0 radical (unpaired) electrons. The van der Waals surface area contributed by atoms with Crippen LogP contribution in [0.3, 0.4) is 0 Å². The maximum absolute atomic E-state index is 13.2.